The smallest absolute Gasteiger partial charge is 0.217 e. The molecule has 0 atom stereocenters. The van der Waals surface area contributed by atoms with Crippen LogP contribution in [0.4, 0.5) is 4.39 Å². The maximum Gasteiger partial charge on any atom is 0.217 e. The van der Waals surface area contributed by atoms with E-state index in [2.05, 4.69) is 25.5 Å². The highest BCUT2D eigenvalue weighted by atomic mass is 32.2. The Morgan fingerprint density at radius 3 is 3.00 bits per heavy atom. The van der Waals surface area contributed by atoms with E-state index in [0.717, 1.165) is 12.8 Å². The lowest BCUT2D eigenvalue weighted by Crippen LogP contribution is -1.99. The van der Waals surface area contributed by atoms with Crippen LogP contribution in [0.3, 0.4) is 0 Å². The molecule has 1 saturated carbocycles. The van der Waals surface area contributed by atoms with E-state index in [4.69, 9.17) is 0 Å². The molecule has 0 amide bonds. The summed E-state index contributed by atoms with van der Waals surface area (Å²) in [5, 5.41) is 12.5. The minimum absolute atomic E-state index is 0.393. The minimum atomic E-state index is -0.553. The van der Waals surface area contributed by atoms with E-state index >= 15 is 0 Å². The molecule has 0 unspecified atom stereocenters. The van der Waals surface area contributed by atoms with Crippen LogP contribution in [-0.4, -0.2) is 30.2 Å². The van der Waals surface area contributed by atoms with Crippen molar-refractivity contribution in [1.29, 1.82) is 0 Å². The summed E-state index contributed by atoms with van der Waals surface area (Å²) in [6, 6.07) is 1.65. The second-order valence-electron chi connectivity index (χ2n) is 3.42. The topological polar surface area (TPSA) is 69.4 Å². The molecule has 3 rings (SSSR count). The Morgan fingerprint density at radius 1 is 1.38 bits per heavy atom. The van der Waals surface area contributed by atoms with Gasteiger partial charge < -0.3 is 0 Å². The fourth-order valence-electron chi connectivity index (χ4n) is 1.27. The van der Waals surface area contributed by atoms with E-state index in [-0.39, 0.29) is 0 Å². The van der Waals surface area contributed by atoms with Gasteiger partial charge in [-0.3, -0.25) is 0 Å². The van der Waals surface area contributed by atoms with Crippen LogP contribution in [0.5, 0.6) is 0 Å². The maximum absolute atomic E-state index is 12.8. The predicted molar refractivity (Wildman–Crippen MR) is 52.2 cm³/mol. The highest BCUT2D eigenvalue weighted by molar-refractivity contribution is 7.99. The number of tetrazole rings is 1. The van der Waals surface area contributed by atoms with E-state index in [1.165, 1.54) is 24.2 Å². The fourth-order valence-corrected chi connectivity index (χ4v) is 2.07. The van der Waals surface area contributed by atoms with Gasteiger partial charge in [-0.1, -0.05) is 0 Å². The molecule has 1 aliphatic carbocycles. The number of aromatic nitrogens is 6. The number of nitrogens with zero attached hydrogens (tertiary/aromatic N) is 6. The molecule has 2 heterocycles. The average Bonchev–Trinajstić information content (AvgIpc) is 3.00. The van der Waals surface area contributed by atoms with Gasteiger partial charge >= 0.3 is 0 Å². The van der Waals surface area contributed by atoms with Crippen LogP contribution in [0.15, 0.2) is 22.6 Å². The van der Waals surface area contributed by atoms with Crippen LogP contribution in [0, 0.1) is 5.95 Å². The Morgan fingerprint density at radius 2 is 2.25 bits per heavy atom. The molecule has 1 aliphatic rings. The minimum Gasteiger partial charge on any atom is -0.229 e. The van der Waals surface area contributed by atoms with E-state index in [1.807, 2.05) is 0 Å². The summed E-state index contributed by atoms with van der Waals surface area (Å²) in [4.78, 5) is 7.33. The zero-order valence-electron chi connectivity index (χ0n) is 8.12. The number of hydrogen-bond donors (Lipinski definition) is 0. The molecule has 16 heavy (non-hydrogen) atoms. The fraction of sp³-hybridized carbons (Fsp3) is 0.375. The van der Waals surface area contributed by atoms with Crippen molar-refractivity contribution in [3.8, 4) is 0 Å². The first-order valence-corrected chi connectivity index (χ1v) is 5.58. The van der Waals surface area contributed by atoms with E-state index in [1.54, 1.807) is 4.68 Å². The van der Waals surface area contributed by atoms with Crippen molar-refractivity contribution in [3.05, 3.63) is 18.3 Å². The molecule has 0 bridgehead atoms. The molecule has 0 aliphatic heterocycles. The monoisotopic (exact) mass is 238 g/mol. The summed E-state index contributed by atoms with van der Waals surface area (Å²) in [6.45, 7) is 0. The van der Waals surface area contributed by atoms with E-state index in [0.29, 0.717) is 16.2 Å². The van der Waals surface area contributed by atoms with Gasteiger partial charge in [0, 0.05) is 6.07 Å². The third-order valence-electron chi connectivity index (χ3n) is 2.16. The Kier molecular flexibility index (Phi) is 2.28. The van der Waals surface area contributed by atoms with Gasteiger partial charge in [-0.25, -0.2) is 14.6 Å². The van der Waals surface area contributed by atoms with Crippen LogP contribution in [0.2, 0.25) is 0 Å². The molecule has 82 valence electrons. The maximum atomic E-state index is 12.8. The quantitative estimate of drug-likeness (QED) is 0.745. The van der Waals surface area contributed by atoms with Crippen LogP contribution in [-0.2, 0) is 0 Å². The largest absolute Gasteiger partial charge is 0.229 e. The molecule has 0 radical (unpaired) electrons. The second-order valence-corrected chi connectivity index (χ2v) is 4.41. The van der Waals surface area contributed by atoms with Gasteiger partial charge in [0.2, 0.25) is 11.1 Å². The summed E-state index contributed by atoms with van der Waals surface area (Å²) in [5.74, 6) is -0.553. The average molecular weight is 238 g/mol. The second kappa shape index (κ2) is 3.78. The molecular formula is C8H7FN6S. The lowest BCUT2D eigenvalue weighted by atomic mass is 10.7. The van der Waals surface area contributed by atoms with Crippen molar-refractivity contribution in [2.75, 3.05) is 0 Å². The highest BCUT2D eigenvalue weighted by Crippen LogP contribution is 2.37. The summed E-state index contributed by atoms with van der Waals surface area (Å²) in [7, 11) is 0. The molecule has 0 aromatic carbocycles. The number of halogens is 1. The molecule has 1 fully saturated rings. The van der Waals surface area contributed by atoms with Crippen molar-refractivity contribution >= 4 is 11.8 Å². The Labute approximate surface area is 94.3 Å². The lowest BCUT2D eigenvalue weighted by molar-refractivity contribution is 0.563. The molecule has 0 saturated heterocycles. The summed E-state index contributed by atoms with van der Waals surface area (Å²) >= 11 is 1.24. The van der Waals surface area contributed by atoms with Crippen molar-refractivity contribution in [3.63, 3.8) is 0 Å². The van der Waals surface area contributed by atoms with Gasteiger partial charge in [-0.05, 0) is 35.0 Å². The van der Waals surface area contributed by atoms with Crippen molar-refractivity contribution in [2.45, 2.75) is 29.1 Å². The first-order chi connectivity index (χ1) is 7.83. The molecule has 0 spiro atoms. The van der Waals surface area contributed by atoms with E-state index < -0.39 is 5.95 Å². The first-order valence-electron chi connectivity index (χ1n) is 4.76. The lowest BCUT2D eigenvalue weighted by Gasteiger charge is -2.00. The van der Waals surface area contributed by atoms with Crippen LogP contribution in [0.1, 0.15) is 18.9 Å². The van der Waals surface area contributed by atoms with Crippen molar-refractivity contribution in [1.82, 2.24) is 30.2 Å². The summed E-state index contributed by atoms with van der Waals surface area (Å²) < 4.78 is 14.6. The number of rotatable bonds is 3. The zero-order chi connectivity index (χ0) is 11.0. The third-order valence-corrected chi connectivity index (χ3v) is 3.04. The number of hydrogen-bond acceptors (Lipinski definition) is 6. The Hall–Kier alpha value is -1.57. The van der Waals surface area contributed by atoms with Gasteiger partial charge in [0.15, 0.2) is 0 Å². The predicted octanol–water partition coefficient (Wildman–Crippen LogP) is 1.09. The zero-order valence-corrected chi connectivity index (χ0v) is 8.93. The molecule has 0 N–H and O–H groups in total. The van der Waals surface area contributed by atoms with E-state index in [9.17, 15) is 4.39 Å². The molecular weight excluding hydrogens is 231 g/mol. The Bertz CT molecular complexity index is 511. The molecule has 8 heteroatoms. The van der Waals surface area contributed by atoms with Gasteiger partial charge in [0.1, 0.15) is 11.4 Å². The van der Waals surface area contributed by atoms with Gasteiger partial charge in [-0.15, -0.1) is 5.10 Å². The van der Waals surface area contributed by atoms with Crippen LogP contribution >= 0.6 is 11.8 Å². The third kappa shape index (κ3) is 1.87. The summed E-state index contributed by atoms with van der Waals surface area (Å²) in [5.41, 5.74) is 0. The molecule has 2 aromatic heterocycles. The van der Waals surface area contributed by atoms with Gasteiger partial charge in [0.05, 0.1) is 6.04 Å². The van der Waals surface area contributed by atoms with Gasteiger partial charge in [-0.2, -0.15) is 4.39 Å². The first kappa shape index (κ1) is 9.64. The normalized spacial score (nSPS) is 15.3. The molecule has 2 aromatic rings. The SMILES string of the molecule is Fc1cc(Sc2nnnn2C2CC2)ncn1. The summed E-state index contributed by atoms with van der Waals surface area (Å²) in [6.07, 6.45) is 3.37. The Balaban J connectivity index is 1.85. The molecule has 6 nitrogen and oxygen atoms in total. The van der Waals surface area contributed by atoms with Crippen molar-refractivity contribution < 1.29 is 4.39 Å². The highest BCUT2D eigenvalue weighted by Gasteiger charge is 2.28. The van der Waals surface area contributed by atoms with Crippen LogP contribution < -0.4 is 0 Å². The standard InChI is InChI=1S/C8H7FN6S/c9-6-3-7(11-4-10-6)16-8-12-13-14-15(8)5-1-2-5/h3-5H,1-2H2. The van der Waals surface area contributed by atoms with Crippen LogP contribution in [0.25, 0.3) is 0 Å². The van der Waals surface area contributed by atoms with Gasteiger partial charge in [0.25, 0.3) is 0 Å². The van der Waals surface area contributed by atoms with Crippen molar-refractivity contribution in [2.24, 2.45) is 0 Å².